The van der Waals surface area contributed by atoms with Gasteiger partial charge in [0.25, 0.3) is 0 Å². The standard InChI is InChI=1S/C21H27FN6O3/c1-3-4-6-15-12-20(27-10-5-7-17(13-27)23-14(2)29)26-21(24-15)25-16-8-9-18(22)19(11-16)28(30)31/h8-9,11-12,17H,3-7,10,13H2,1-2H3,(H,23,29)(H,24,25,26)/t17-/m1/s1. The molecule has 1 amide bonds. The molecule has 0 aliphatic carbocycles. The van der Waals surface area contributed by atoms with Crippen LogP contribution < -0.4 is 15.5 Å². The molecule has 9 nitrogen and oxygen atoms in total. The topological polar surface area (TPSA) is 113 Å². The fraction of sp³-hybridized carbons (Fsp3) is 0.476. The summed E-state index contributed by atoms with van der Waals surface area (Å²) >= 11 is 0. The molecule has 2 N–H and O–H groups in total. The number of benzene rings is 1. The van der Waals surface area contributed by atoms with Gasteiger partial charge in [0.2, 0.25) is 17.7 Å². The van der Waals surface area contributed by atoms with Crippen molar-refractivity contribution in [2.45, 2.75) is 52.0 Å². The molecule has 1 aromatic carbocycles. The van der Waals surface area contributed by atoms with Crippen molar-refractivity contribution in [1.82, 2.24) is 15.3 Å². The molecule has 10 heteroatoms. The van der Waals surface area contributed by atoms with Crippen LogP contribution in [0.4, 0.5) is 27.5 Å². The van der Waals surface area contributed by atoms with E-state index in [1.54, 1.807) is 0 Å². The minimum absolute atomic E-state index is 0.0523. The van der Waals surface area contributed by atoms with Crippen molar-refractivity contribution in [3.05, 3.63) is 45.9 Å². The Morgan fingerprint density at radius 2 is 2.16 bits per heavy atom. The van der Waals surface area contributed by atoms with Crippen LogP contribution in [0.1, 0.15) is 45.2 Å². The summed E-state index contributed by atoms with van der Waals surface area (Å²) in [6, 6.07) is 5.59. The molecule has 0 unspecified atom stereocenters. The Balaban J connectivity index is 1.87. The van der Waals surface area contributed by atoms with Crippen LogP contribution in [0.25, 0.3) is 0 Å². The molecule has 1 fully saturated rings. The van der Waals surface area contributed by atoms with Crippen LogP contribution in [0.2, 0.25) is 0 Å². The van der Waals surface area contributed by atoms with Gasteiger partial charge in [-0.1, -0.05) is 13.3 Å². The number of piperidine rings is 1. The summed E-state index contributed by atoms with van der Waals surface area (Å²) in [5.74, 6) is 0.0750. The molecule has 1 aromatic heterocycles. The monoisotopic (exact) mass is 430 g/mol. The molecule has 31 heavy (non-hydrogen) atoms. The number of nitro benzene ring substituents is 1. The van der Waals surface area contributed by atoms with E-state index in [2.05, 4.69) is 32.4 Å². The Kier molecular flexibility index (Phi) is 7.32. The molecule has 2 aromatic rings. The van der Waals surface area contributed by atoms with E-state index >= 15 is 0 Å². The number of nitrogens with zero attached hydrogens (tertiary/aromatic N) is 4. The molecular formula is C21H27FN6O3. The lowest BCUT2D eigenvalue weighted by Crippen LogP contribution is -2.47. The summed E-state index contributed by atoms with van der Waals surface area (Å²) in [6.07, 6.45) is 4.58. The first kappa shape index (κ1) is 22.4. The second-order valence-electron chi connectivity index (χ2n) is 7.68. The molecular weight excluding hydrogens is 403 g/mol. The number of rotatable bonds is 8. The van der Waals surface area contributed by atoms with E-state index in [0.717, 1.165) is 62.3 Å². The van der Waals surface area contributed by atoms with Crippen LogP contribution in [-0.2, 0) is 11.2 Å². The van der Waals surface area contributed by atoms with E-state index in [1.165, 1.54) is 13.0 Å². The molecule has 1 aliphatic heterocycles. The van der Waals surface area contributed by atoms with Crippen LogP contribution in [0.3, 0.4) is 0 Å². The van der Waals surface area contributed by atoms with Crippen molar-refractivity contribution in [1.29, 1.82) is 0 Å². The summed E-state index contributed by atoms with van der Waals surface area (Å²) in [5, 5.41) is 17.0. The van der Waals surface area contributed by atoms with Gasteiger partial charge in [-0.15, -0.1) is 0 Å². The number of aryl methyl sites for hydroxylation is 1. The summed E-state index contributed by atoms with van der Waals surface area (Å²) in [5.41, 5.74) is 0.579. The third kappa shape index (κ3) is 6.09. The van der Waals surface area contributed by atoms with E-state index in [0.29, 0.717) is 18.2 Å². The highest BCUT2D eigenvalue weighted by molar-refractivity contribution is 5.73. The van der Waals surface area contributed by atoms with Gasteiger partial charge >= 0.3 is 5.69 Å². The van der Waals surface area contributed by atoms with Crippen molar-refractivity contribution in [2.75, 3.05) is 23.3 Å². The molecule has 166 valence electrons. The quantitative estimate of drug-likeness (QED) is 0.485. The Bertz CT molecular complexity index is 955. The SMILES string of the molecule is CCCCc1cc(N2CCC[C@@H](NC(C)=O)C2)nc(Nc2ccc(F)c([N+](=O)[O-])c2)n1. The number of amides is 1. The molecule has 1 saturated heterocycles. The van der Waals surface area contributed by atoms with Gasteiger partial charge in [0.15, 0.2) is 0 Å². The van der Waals surface area contributed by atoms with E-state index in [-0.39, 0.29) is 11.9 Å². The third-order valence-electron chi connectivity index (χ3n) is 5.10. The van der Waals surface area contributed by atoms with E-state index in [4.69, 9.17) is 0 Å². The Morgan fingerprint density at radius 3 is 2.87 bits per heavy atom. The number of anilines is 3. The Labute approximate surface area is 180 Å². The maximum absolute atomic E-state index is 13.7. The number of carbonyl (C=O) groups is 1. The lowest BCUT2D eigenvalue weighted by molar-refractivity contribution is -0.387. The molecule has 2 heterocycles. The van der Waals surface area contributed by atoms with Gasteiger partial charge in [-0.2, -0.15) is 9.37 Å². The highest BCUT2D eigenvalue weighted by atomic mass is 19.1. The normalized spacial score (nSPS) is 16.1. The van der Waals surface area contributed by atoms with Gasteiger partial charge in [-0.05, 0) is 37.8 Å². The van der Waals surface area contributed by atoms with Crippen molar-refractivity contribution in [3.63, 3.8) is 0 Å². The van der Waals surface area contributed by atoms with Crippen LogP contribution >= 0.6 is 0 Å². The van der Waals surface area contributed by atoms with Crippen molar-refractivity contribution < 1.29 is 14.1 Å². The molecule has 1 atom stereocenters. The van der Waals surface area contributed by atoms with Crippen LogP contribution in [0.15, 0.2) is 24.3 Å². The van der Waals surface area contributed by atoms with E-state index in [1.807, 2.05) is 6.07 Å². The predicted octanol–water partition coefficient (Wildman–Crippen LogP) is 3.72. The minimum atomic E-state index is -0.897. The van der Waals surface area contributed by atoms with Gasteiger partial charge in [-0.3, -0.25) is 14.9 Å². The summed E-state index contributed by atoms with van der Waals surface area (Å²) in [4.78, 5) is 33.0. The zero-order chi connectivity index (χ0) is 22.4. The smallest absolute Gasteiger partial charge is 0.306 e. The summed E-state index contributed by atoms with van der Waals surface area (Å²) < 4.78 is 13.7. The van der Waals surface area contributed by atoms with Crippen LogP contribution in [0.5, 0.6) is 0 Å². The molecule has 0 saturated carbocycles. The molecule has 1 aliphatic rings. The number of hydrogen-bond acceptors (Lipinski definition) is 7. The zero-order valence-corrected chi connectivity index (χ0v) is 17.7. The van der Waals surface area contributed by atoms with Gasteiger partial charge in [0.1, 0.15) is 5.82 Å². The maximum atomic E-state index is 13.7. The first-order valence-corrected chi connectivity index (χ1v) is 10.5. The number of unbranched alkanes of at least 4 members (excludes halogenated alkanes) is 1. The molecule has 0 bridgehead atoms. The molecule has 0 radical (unpaired) electrons. The lowest BCUT2D eigenvalue weighted by Gasteiger charge is -2.34. The third-order valence-corrected chi connectivity index (χ3v) is 5.10. The minimum Gasteiger partial charge on any atom is -0.354 e. The van der Waals surface area contributed by atoms with E-state index < -0.39 is 16.4 Å². The number of nitrogens with one attached hydrogen (secondary N) is 2. The average molecular weight is 430 g/mol. The second kappa shape index (κ2) is 10.1. The highest BCUT2D eigenvalue weighted by Crippen LogP contribution is 2.26. The van der Waals surface area contributed by atoms with Crippen molar-refractivity contribution in [2.24, 2.45) is 0 Å². The Morgan fingerprint density at radius 1 is 1.35 bits per heavy atom. The van der Waals surface area contributed by atoms with Crippen LogP contribution in [0, 0.1) is 15.9 Å². The second-order valence-corrected chi connectivity index (χ2v) is 7.68. The maximum Gasteiger partial charge on any atom is 0.306 e. The van der Waals surface area contributed by atoms with Crippen molar-refractivity contribution in [3.8, 4) is 0 Å². The first-order chi connectivity index (χ1) is 14.9. The zero-order valence-electron chi connectivity index (χ0n) is 17.7. The number of carbonyl (C=O) groups excluding carboxylic acids is 1. The van der Waals surface area contributed by atoms with Gasteiger partial charge in [0, 0.05) is 49.6 Å². The fourth-order valence-corrected chi connectivity index (χ4v) is 3.64. The lowest BCUT2D eigenvalue weighted by atomic mass is 10.1. The largest absolute Gasteiger partial charge is 0.354 e. The Hall–Kier alpha value is -3.30. The van der Waals surface area contributed by atoms with Gasteiger partial charge in [-0.25, -0.2) is 4.98 Å². The number of halogens is 1. The highest BCUT2D eigenvalue weighted by Gasteiger charge is 2.23. The first-order valence-electron chi connectivity index (χ1n) is 10.5. The molecule has 0 spiro atoms. The van der Waals surface area contributed by atoms with Crippen LogP contribution in [-0.4, -0.2) is 39.9 Å². The number of aromatic nitrogens is 2. The number of hydrogen-bond donors (Lipinski definition) is 2. The predicted molar refractivity (Wildman–Crippen MR) is 116 cm³/mol. The van der Waals surface area contributed by atoms with Gasteiger partial charge in [0.05, 0.1) is 4.92 Å². The average Bonchev–Trinajstić information content (AvgIpc) is 2.73. The van der Waals surface area contributed by atoms with Gasteiger partial charge < -0.3 is 15.5 Å². The summed E-state index contributed by atoms with van der Waals surface area (Å²) in [7, 11) is 0. The van der Waals surface area contributed by atoms with Crippen molar-refractivity contribution >= 4 is 29.0 Å². The number of nitro groups is 1. The molecule has 3 rings (SSSR count). The fourth-order valence-electron chi connectivity index (χ4n) is 3.64. The van der Waals surface area contributed by atoms with E-state index in [9.17, 15) is 19.3 Å². The summed E-state index contributed by atoms with van der Waals surface area (Å²) in [6.45, 7) is 5.06.